The first-order valence-electron chi connectivity index (χ1n) is 6.61. The number of hydrogen-bond acceptors (Lipinski definition) is 3. The maximum atomic E-state index is 11.9. The van der Waals surface area contributed by atoms with E-state index < -0.39 is 0 Å². The Labute approximate surface area is 113 Å². The Balaban J connectivity index is 1.82. The lowest BCUT2D eigenvalue weighted by Crippen LogP contribution is -2.31. The zero-order chi connectivity index (χ0) is 13.2. The molecule has 3 rings (SSSR count). The van der Waals surface area contributed by atoms with Crippen LogP contribution >= 0.6 is 0 Å². The smallest absolute Gasteiger partial charge is 0.182 e. The molecule has 0 saturated carbocycles. The Morgan fingerprint density at radius 3 is 2.79 bits per heavy atom. The topological polar surface area (TPSA) is 38.3 Å². The van der Waals surface area contributed by atoms with E-state index in [4.69, 9.17) is 4.74 Å². The molecule has 98 valence electrons. The van der Waals surface area contributed by atoms with Crippen molar-refractivity contribution in [2.24, 2.45) is 0 Å². The van der Waals surface area contributed by atoms with Gasteiger partial charge in [0.15, 0.2) is 5.78 Å². The summed E-state index contributed by atoms with van der Waals surface area (Å²) in [4.78, 5) is 11.9. The summed E-state index contributed by atoms with van der Waals surface area (Å²) in [6, 6.07) is 8.27. The quantitative estimate of drug-likeness (QED) is 0.883. The van der Waals surface area contributed by atoms with Gasteiger partial charge < -0.3 is 10.1 Å². The number of ether oxygens (including phenoxy) is 1. The Morgan fingerprint density at radius 2 is 2.05 bits per heavy atom. The molecule has 0 amide bonds. The molecule has 3 nitrogen and oxygen atoms in total. The van der Waals surface area contributed by atoms with Gasteiger partial charge >= 0.3 is 0 Å². The number of Topliss-reactive ketones (excluding diaryl/α,β-unsaturated/α-hetero) is 1. The molecule has 0 aromatic heterocycles. The largest absolute Gasteiger partial charge is 0.497 e. The number of methoxy groups -OCH3 is 1. The van der Waals surface area contributed by atoms with Crippen LogP contribution < -0.4 is 10.1 Å². The van der Waals surface area contributed by atoms with E-state index in [1.165, 1.54) is 5.56 Å². The second kappa shape index (κ2) is 4.92. The molecule has 0 fully saturated rings. The van der Waals surface area contributed by atoms with E-state index in [1.54, 1.807) is 7.11 Å². The molecule has 3 heteroatoms. The van der Waals surface area contributed by atoms with Crippen LogP contribution in [0.3, 0.4) is 0 Å². The standard InChI is InChI=1S/C16H17NO2/c1-19-13-8-5-11(6-9-13)14-10-7-12-3-2-4-15(18)16(12)17-14/h2-3,5-6,8-9,14,17H,4,7,10H2,1H3. The van der Waals surface area contributed by atoms with Crippen LogP contribution in [0.4, 0.5) is 0 Å². The zero-order valence-corrected chi connectivity index (χ0v) is 11.0. The van der Waals surface area contributed by atoms with Crippen molar-refractivity contribution in [3.05, 3.63) is 53.3 Å². The minimum absolute atomic E-state index is 0.204. The van der Waals surface area contributed by atoms with Crippen molar-refractivity contribution in [1.82, 2.24) is 5.32 Å². The van der Waals surface area contributed by atoms with Crippen LogP contribution in [0.5, 0.6) is 5.75 Å². The lowest BCUT2D eigenvalue weighted by Gasteiger charge is -2.29. The molecule has 1 aliphatic carbocycles. The molecule has 0 saturated heterocycles. The first-order chi connectivity index (χ1) is 9.28. The fraction of sp³-hybridized carbons (Fsp3) is 0.312. The highest BCUT2D eigenvalue weighted by atomic mass is 16.5. The van der Waals surface area contributed by atoms with Crippen LogP contribution in [0, 0.1) is 0 Å². The molecular weight excluding hydrogens is 238 g/mol. The lowest BCUT2D eigenvalue weighted by atomic mass is 9.89. The van der Waals surface area contributed by atoms with Crippen molar-refractivity contribution in [2.45, 2.75) is 25.3 Å². The van der Waals surface area contributed by atoms with Gasteiger partial charge in [0.1, 0.15) is 5.75 Å². The summed E-state index contributed by atoms with van der Waals surface area (Å²) >= 11 is 0. The number of carbonyl (C=O) groups is 1. The molecule has 2 aliphatic rings. The maximum absolute atomic E-state index is 11.9. The lowest BCUT2D eigenvalue weighted by molar-refractivity contribution is -0.115. The molecule has 1 unspecified atom stereocenters. The van der Waals surface area contributed by atoms with E-state index >= 15 is 0 Å². The fourth-order valence-electron chi connectivity index (χ4n) is 2.69. The summed E-state index contributed by atoms with van der Waals surface area (Å²) in [6.45, 7) is 0. The number of nitrogens with one attached hydrogen (secondary N) is 1. The number of hydrogen-bond donors (Lipinski definition) is 1. The van der Waals surface area contributed by atoms with Gasteiger partial charge in [0.25, 0.3) is 0 Å². The molecule has 1 aliphatic heterocycles. The highest BCUT2D eigenvalue weighted by Crippen LogP contribution is 2.32. The van der Waals surface area contributed by atoms with Crippen molar-refractivity contribution in [3.8, 4) is 5.75 Å². The van der Waals surface area contributed by atoms with Gasteiger partial charge in [-0.1, -0.05) is 24.3 Å². The first kappa shape index (κ1) is 12.0. The predicted molar refractivity (Wildman–Crippen MR) is 73.9 cm³/mol. The third-order valence-electron chi connectivity index (χ3n) is 3.76. The highest BCUT2D eigenvalue weighted by molar-refractivity contribution is 5.98. The van der Waals surface area contributed by atoms with Crippen LogP contribution in [-0.4, -0.2) is 12.9 Å². The monoisotopic (exact) mass is 255 g/mol. The molecule has 0 bridgehead atoms. The molecular formula is C16H17NO2. The van der Waals surface area contributed by atoms with Gasteiger partial charge in [0.05, 0.1) is 18.8 Å². The number of benzene rings is 1. The first-order valence-corrected chi connectivity index (χ1v) is 6.61. The van der Waals surface area contributed by atoms with Gasteiger partial charge in [0, 0.05) is 6.42 Å². The molecule has 1 aromatic carbocycles. The van der Waals surface area contributed by atoms with Crippen LogP contribution in [0.25, 0.3) is 0 Å². The van der Waals surface area contributed by atoms with Gasteiger partial charge in [0.2, 0.25) is 0 Å². The van der Waals surface area contributed by atoms with E-state index in [0.717, 1.165) is 29.9 Å². The van der Waals surface area contributed by atoms with E-state index in [2.05, 4.69) is 23.5 Å². The summed E-state index contributed by atoms with van der Waals surface area (Å²) in [5.41, 5.74) is 3.17. The van der Waals surface area contributed by atoms with Crippen molar-refractivity contribution in [3.63, 3.8) is 0 Å². The van der Waals surface area contributed by atoms with Crippen LogP contribution in [0.15, 0.2) is 47.7 Å². The SMILES string of the molecule is COc1ccc(C2CCC3=C(N2)C(=O)CC=C3)cc1. The number of rotatable bonds is 2. The van der Waals surface area contributed by atoms with Gasteiger partial charge in [-0.25, -0.2) is 0 Å². The molecule has 1 heterocycles. The van der Waals surface area contributed by atoms with Gasteiger partial charge in [-0.05, 0) is 36.1 Å². The van der Waals surface area contributed by atoms with E-state index in [-0.39, 0.29) is 11.8 Å². The summed E-state index contributed by atoms with van der Waals surface area (Å²) < 4.78 is 5.17. The van der Waals surface area contributed by atoms with E-state index in [1.807, 2.05) is 18.2 Å². The molecule has 0 radical (unpaired) electrons. The summed E-state index contributed by atoms with van der Waals surface area (Å²) in [6.07, 6.45) is 6.52. The Hall–Kier alpha value is -2.03. The van der Waals surface area contributed by atoms with Crippen molar-refractivity contribution in [1.29, 1.82) is 0 Å². The second-order valence-corrected chi connectivity index (χ2v) is 4.94. The van der Waals surface area contributed by atoms with Gasteiger partial charge in [-0.3, -0.25) is 4.79 Å². The molecule has 1 atom stereocenters. The average Bonchev–Trinajstić information content (AvgIpc) is 2.47. The average molecular weight is 255 g/mol. The van der Waals surface area contributed by atoms with Gasteiger partial charge in [-0.15, -0.1) is 0 Å². The summed E-state index contributed by atoms with van der Waals surface area (Å²) in [7, 11) is 1.66. The van der Waals surface area contributed by atoms with Crippen LogP contribution in [0.2, 0.25) is 0 Å². The van der Waals surface area contributed by atoms with Crippen molar-refractivity contribution in [2.75, 3.05) is 7.11 Å². The normalized spacial score (nSPS) is 21.9. The number of carbonyl (C=O) groups excluding carboxylic acids is 1. The number of ketones is 1. The van der Waals surface area contributed by atoms with E-state index in [0.29, 0.717) is 6.42 Å². The Bertz CT molecular complexity index is 555. The van der Waals surface area contributed by atoms with Crippen LogP contribution in [0.1, 0.15) is 30.9 Å². The molecule has 1 N–H and O–H groups in total. The third kappa shape index (κ3) is 2.28. The van der Waals surface area contributed by atoms with E-state index in [9.17, 15) is 4.79 Å². The predicted octanol–water partition coefficient (Wildman–Crippen LogP) is 2.90. The van der Waals surface area contributed by atoms with Gasteiger partial charge in [-0.2, -0.15) is 0 Å². The highest BCUT2D eigenvalue weighted by Gasteiger charge is 2.25. The fourth-order valence-corrected chi connectivity index (χ4v) is 2.69. The minimum Gasteiger partial charge on any atom is -0.497 e. The molecule has 0 spiro atoms. The molecule has 1 aromatic rings. The summed E-state index contributed by atoms with van der Waals surface area (Å²) in [5.74, 6) is 1.06. The maximum Gasteiger partial charge on any atom is 0.182 e. The Kier molecular flexibility index (Phi) is 3.11. The van der Waals surface area contributed by atoms with Crippen molar-refractivity contribution >= 4 is 5.78 Å². The second-order valence-electron chi connectivity index (χ2n) is 4.94. The third-order valence-corrected chi connectivity index (χ3v) is 3.76. The number of allylic oxidation sites excluding steroid dienone is 4. The van der Waals surface area contributed by atoms with Crippen LogP contribution in [-0.2, 0) is 4.79 Å². The summed E-state index contributed by atoms with van der Waals surface area (Å²) in [5, 5.41) is 3.40. The van der Waals surface area contributed by atoms with Crippen molar-refractivity contribution < 1.29 is 9.53 Å². The zero-order valence-electron chi connectivity index (χ0n) is 11.0. The molecule has 19 heavy (non-hydrogen) atoms. The Morgan fingerprint density at radius 1 is 1.26 bits per heavy atom. The minimum atomic E-state index is 0.204.